The number of rotatable bonds is 3. The average Bonchev–Trinajstić information content (AvgIpc) is 2.55. The molecule has 0 bridgehead atoms. The standard InChI is InChI=1S/C17H8Cl4N2O2/c18-10-3-1-4-11(19)15(10)9-7-14(23(24)25)17(22-8-9)16-12(20)5-2-6-13(16)21/h1-8H. The molecule has 0 unspecified atom stereocenters. The number of benzene rings is 2. The van der Waals surface area contributed by atoms with Gasteiger partial charge in [-0.05, 0) is 24.3 Å². The van der Waals surface area contributed by atoms with Crippen LogP contribution in [0.2, 0.25) is 20.1 Å². The van der Waals surface area contributed by atoms with E-state index in [1.165, 1.54) is 12.3 Å². The predicted octanol–water partition coefficient (Wildman–Crippen LogP) is 6.94. The second-order valence-electron chi connectivity index (χ2n) is 5.04. The minimum absolute atomic E-state index is 0.0764. The monoisotopic (exact) mass is 412 g/mol. The molecule has 8 heteroatoms. The number of nitrogens with zero attached hydrogens (tertiary/aromatic N) is 2. The molecule has 0 aliphatic heterocycles. The molecule has 0 fully saturated rings. The summed E-state index contributed by atoms with van der Waals surface area (Å²) in [6, 6.07) is 11.2. The Balaban J connectivity index is 2.27. The first kappa shape index (κ1) is 18.0. The van der Waals surface area contributed by atoms with Crippen molar-refractivity contribution >= 4 is 52.1 Å². The smallest absolute Gasteiger partial charge is 0.258 e. The van der Waals surface area contributed by atoms with Gasteiger partial charge in [-0.15, -0.1) is 0 Å². The zero-order valence-electron chi connectivity index (χ0n) is 12.3. The third-order valence-electron chi connectivity index (χ3n) is 3.52. The van der Waals surface area contributed by atoms with E-state index in [0.29, 0.717) is 26.7 Å². The molecule has 1 aromatic heterocycles. The maximum absolute atomic E-state index is 11.6. The summed E-state index contributed by atoms with van der Waals surface area (Å²) in [6.07, 6.45) is 1.45. The van der Waals surface area contributed by atoms with Crippen molar-refractivity contribution in [2.24, 2.45) is 0 Å². The molecule has 0 spiro atoms. The minimum atomic E-state index is -0.545. The van der Waals surface area contributed by atoms with E-state index in [4.69, 9.17) is 46.4 Å². The van der Waals surface area contributed by atoms with E-state index in [-0.39, 0.29) is 21.4 Å². The van der Waals surface area contributed by atoms with Crippen molar-refractivity contribution in [3.63, 3.8) is 0 Å². The van der Waals surface area contributed by atoms with Gasteiger partial charge >= 0.3 is 0 Å². The van der Waals surface area contributed by atoms with Gasteiger partial charge in [0.1, 0.15) is 0 Å². The van der Waals surface area contributed by atoms with Gasteiger partial charge in [-0.25, -0.2) is 4.98 Å². The molecule has 4 nitrogen and oxygen atoms in total. The van der Waals surface area contributed by atoms with Crippen LogP contribution in [-0.4, -0.2) is 9.91 Å². The largest absolute Gasteiger partial charge is 0.296 e. The first-order chi connectivity index (χ1) is 11.9. The quantitative estimate of drug-likeness (QED) is 0.345. The zero-order valence-corrected chi connectivity index (χ0v) is 15.4. The molecule has 3 rings (SSSR count). The maximum Gasteiger partial charge on any atom is 0.296 e. The summed E-state index contributed by atoms with van der Waals surface area (Å²) < 4.78 is 0. The van der Waals surface area contributed by atoms with Crippen LogP contribution < -0.4 is 0 Å². The molecule has 0 saturated heterocycles. The van der Waals surface area contributed by atoms with E-state index in [0.717, 1.165) is 0 Å². The fourth-order valence-corrected chi connectivity index (χ4v) is 3.61. The molecule has 25 heavy (non-hydrogen) atoms. The number of halogens is 4. The van der Waals surface area contributed by atoms with Gasteiger partial charge in [0.25, 0.3) is 5.69 Å². The molecule has 2 aromatic carbocycles. The van der Waals surface area contributed by atoms with Gasteiger partial charge in [-0.3, -0.25) is 10.1 Å². The summed E-state index contributed by atoms with van der Waals surface area (Å²) in [4.78, 5) is 15.3. The third-order valence-corrected chi connectivity index (χ3v) is 4.78. The Labute approximate surface area is 163 Å². The van der Waals surface area contributed by atoms with Crippen LogP contribution in [0, 0.1) is 10.1 Å². The molecule has 126 valence electrons. The van der Waals surface area contributed by atoms with Gasteiger partial charge in [0, 0.05) is 39.0 Å². The second kappa shape index (κ2) is 7.18. The highest BCUT2D eigenvalue weighted by atomic mass is 35.5. The van der Waals surface area contributed by atoms with Crippen molar-refractivity contribution in [1.82, 2.24) is 4.98 Å². The van der Waals surface area contributed by atoms with E-state index in [1.54, 1.807) is 36.4 Å². The minimum Gasteiger partial charge on any atom is -0.258 e. The van der Waals surface area contributed by atoms with Crippen LogP contribution in [0.1, 0.15) is 0 Å². The molecular weight excluding hydrogens is 406 g/mol. The Morgan fingerprint density at radius 1 is 0.840 bits per heavy atom. The number of aromatic nitrogens is 1. The lowest BCUT2D eigenvalue weighted by Gasteiger charge is -2.10. The summed E-state index contributed by atoms with van der Waals surface area (Å²) in [7, 11) is 0. The summed E-state index contributed by atoms with van der Waals surface area (Å²) in [5.74, 6) is 0. The summed E-state index contributed by atoms with van der Waals surface area (Å²) in [6.45, 7) is 0. The second-order valence-corrected chi connectivity index (χ2v) is 6.67. The molecular formula is C17H8Cl4N2O2. The van der Waals surface area contributed by atoms with Crippen molar-refractivity contribution in [2.45, 2.75) is 0 Å². The number of hydrogen-bond acceptors (Lipinski definition) is 3. The molecule has 1 heterocycles. The van der Waals surface area contributed by atoms with Gasteiger partial charge < -0.3 is 0 Å². The van der Waals surface area contributed by atoms with Gasteiger partial charge in [0.2, 0.25) is 0 Å². The van der Waals surface area contributed by atoms with E-state index >= 15 is 0 Å². The van der Waals surface area contributed by atoms with Crippen LogP contribution >= 0.6 is 46.4 Å². The molecule has 0 amide bonds. The first-order valence-electron chi connectivity index (χ1n) is 6.93. The van der Waals surface area contributed by atoms with Crippen LogP contribution in [0.5, 0.6) is 0 Å². The molecule has 0 N–H and O–H groups in total. The molecule has 0 radical (unpaired) electrons. The topological polar surface area (TPSA) is 56.0 Å². The third kappa shape index (κ3) is 3.44. The number of pyridine rings is 1. The molecule has 3 aromatic rings. The highest BCUT2D eigenvalue weighted by Gasteiger charge is 2.23. The summed E-state index contributed by atoms with van der Waals surface area (Å²) in [5.41, 5.74) is 1.03. The number of hydrogen-bond donors (Lipinski definition) is 0. The van der Waals surface area contributed by atoms with Crippen LogP contribution in [0.15, 0.2) is 48.7 Å². The van der Waals surface area contributed by atoms with Crippen LogP contribution in [0.3, 0.4) is 0 Å². The normalized spacial score (nSPS) is 10.7. The SMILES string of the molecule is O=[N+]([O-])c1cc(-c2c(Cl)cccc2Cl)cnc1-c1c(Cl)cccc1Cl. The Hall–Kier alpha value is -1.85. The maximum atomic E-state index is 11.6. The van der Waals surface area contributed by atoms with Crippen molar-refractivity contribution < 1.29 is 4.92 Å². The highest BCUT2D eigenvalue weighted by Crippen LogP contribution is 2.41. The molecule has 0 atom stereocenters. The van der Waals surface area contributed by atoms with E-state index in [2.05, 4.69) is 4.98 Å². The van der Waals surface area contributed by atoms with Crippen molar-refractivity contribution in [3.8, 4) is 22.4 Å². The van der Waals surface area contributed by atoms with Crippen LogP contribution in [0.25, 0.3) is 22.4 Å². The lowest BCUT2D eigenvalue weighted by atomic mass is 10.0. The summed E-state index contributed by atoms with van der Waals surface area (Å²) in [5, 5.41) is 12.9. The van der Waals surface area contributed by atoms with Gasteiger partial charge in [-0.2, -0.15) is 0 Å². The molecule has 0 saturated carbocycles. The fraction of sp³-hybridized carbons (Fsp3) is 0. The van der Waals surface area contributed by atoms with E-state index in [1.807, 2.05) is 0 Å². The Bertz CT molecular complexity index is 952. The highest BCUT2D eigenvalue weighted by molar-refractivity contribution is 6.40. The lowest BCUT2D eigenvalue weighted by molar-refractivity contribution is -0.384. The van der Waals surface area contributed by atoms with Crippen LogP contribution in [-0.2, 0) is 0 Å². The number of nitro groups is 1. The molecule has 0 aliphatic carbocycles. The Morgan fingerprint density at radius 3 is 1.80 bits per heavy atom. The van der Waals surface area contributed by atoms with Crippen molar-refractivity contribution in [1.29, 1.82) is 0 Å². The van der Waals surface area contributed by atoms with Crippen molar-refractivity contribution in [2.75, 3.05) is 0 Å². The zero-order chi connectivity index (χ0) is 18.1. The van der Waals surface area contributed by atoms with Gasteiger partial charge in [-0.1, -0.05) is 58.5 Å². The van der Waals surface area contributed by atoms with E-state index in [9.17, 15) is 10.1 Å². The Morgan fingerprint density at radius 2 is 1.32 bits per heavy atom. The van der Waals surface area contributed by atoms with E-state index < -0.39 is 4.92 Å². The first-order valence-corrected chi connectivity index (χ1v) is 8.44. The Kier molecular flexibility index (Phi) is 5.16. The predicted molar refractivity (Wildman–Crippen MR) is 102 cm³/mol. The van der Waals surface area contributed by atoms with Gasteiger partial charge in [0.15, 0.2) is 5.69 Å². The fourth-order valence-electron chi connectivity index (χ4n) is 2.42. The van der Waals surface area contributed by atoms with Crippen LogP contribution in [0.4, 0.5) is 5.69 Å². The van der Waals surface area contributed by atoms with Crippen molar-refractivity contribution in [3.05, 3.63) is 78.9 Å². The summed E-state index contributed by atoms with van der Waals surface area (Å²) >= 11 is 24.7. The van der Waals surface area contributed by atoms with Gasteiger partial charge in [0.05, 0.1) is 15.0 Å². The lowest BCUT2D eigenvalue weighted by Crippen LogP contribution is -1.97. The average molecular weight is 414 g/mol. The molecule has 0 aliphatic rings.